The fourth-order valence-electron chi connectivity index (χ4n) is 1.58. The molecule has 0 unspecified atom stereocenters. The van der Waals surface area contributed by atoms with Gasteiger partial charge in [-0.25, -0.2) is 0 Å². The van der Waals surface area contributed by atoms with Crippen molar-refractivity contribution in [2.75, 3.05) is 0 Å². The first-order valence-electron chi connectivity index (χ1n) is 4.68. The third kappa shape index (κ3) is 1.64. The molecule has 3 nitrogen and oxygen atoms in total. The molecule has 0 aliphatic rings. The summed E-state index contributed by atoms with van der Waals surface area (Å²) in [6, 6.07) is 10.7. The Hall–Kier alpha value is -1.92. The van der Waals surface area contributed by atoms with Crippen LogP contribution in [0.4, 0.5) is 0 Å². The summed E-state index contributed by atoms with van der Waals surface area (Å²) in [7, 11) is 1.81. The van der Waals surface area contributed by atoms with Crippen molar-refractivity contribution in [2.45, 2.75) is 0 Å². The third-order valence-corrected chi connectivity index (χ3v) is 2.78. The first-order chi connectivity index (χ1) is 7.63. The molecule has 0 saturated heterocycles. The molecule has 1 aromatic heterocycles. The van der Waals surface area contributed by atoms with Crippen LogP contribution in [-0.2, 0) is 7.05 Å². The number of rotatable bonds is 1. The zero-order valence-electron chi connectivity index (χ0n) is 8.61. The number of aromatic hydroxyl groups is 1. The summed E-state index contributed by atoms with van der Waals surface area (Å²) in [4.78, 5) is 0. The summed E-state index contributed by atoms with van der Waals surface area (Å²) >= 11 is 5.83. The van der Waals surface area contributed by atoms with Gasteiger partial charge in [0.05, 0.1) is 5.02 Å². The van der Waals surface area contributed by atoms with Gasteiger partial charge in [0, 0.05) is 12.7 Å². The van der Waals surface area contributed by atoms with Gasteiger partial charge in [-0.05, 0) is 35.9 Å². The quantitative estimate of drug-likeness (QED) is 0.822. The number of phenolic OH excluding ortho intramolecular Hbond substituents is 1. The Morgan fingerprint density at radius 2 is 2.06 bits per heavy atom. The third-order valence-electron chi connectivity index (χ3n) is 2.48. The van der Waals surface area contributed by atoms with Gasteiger partial charge in [0.25, 0.3) is 0 Å². The summed E-state index contributed by atoms with van der Waals surface area (Å²) in [5.41, 5.74) is 2.34. The molecule has 1 N–H and O–H groups in total. The first-order valence-corrected chi connectivity index (χ1v) is 5.06. The van der Waals surface area contributed by atoms with Crippen LogP contribution in [0.3, 0.4) is 0 Å². The van der Waals surface area contributed by atoms with E-state index in [-0.39, 0.29) is 5.75 Å². The fourth-order valence-corrected chi connectivity index (χ4v) is 1.76. The number of phenols is 1. The number of hydrogen-bond donors (Lipinski definition) is 1. The first kappa shape index (κ1) is 10.6. The largest absolute Gasteiger partial charge is 0.506 e. The number of aromatic nitrogens is 1. The molecule has 1 aromatic carbocycles. The molecule has 0 spiro atoms. The van der Waals surface area contributed by atoms with Gasteiger partial charge in [0.1, 0.15) is 17.5 Å². The molecule has 4 heteroatoms. The van der Waals surface area contributed by atoms with Gasteiger partial charge in [0.2, 0.25) is 0 Å². The van der Waals surface area contributed by atoms with E-state index < -0.39 is 0 Å². The van der Waals surface area contributed by atoms with Crippen molar-refractivity contribution in [3.05, 3.63) is 41.0 Å². The van der Waals surface area contributed by atoms with E-state index in [4.69, 9.17) is 16.9 Å². The minimum Gasteiger partial charge on any atom is -0.506 e. The second-order valence-corrected chi connectivity index (χ2v) is 3.85. The molecular weight excluding hydrogens is 224 g/mol. The zero-order chi connectivity index (χ0) is 11.7. The predicted molar refractivity (Wildman–Crippen MR) is 62.2 cm³/mol. The van der Waals surface area contributed by atoms with Crippen LogP contribution < -0.4 is 0 Å². The lowest BCUT2D eigenvalue weighted by atomic mass is 10.1. The summed E-state index contributed by atoms with van der Waals surface area (Å²) < 4.78 is 1.78. The number of nitriles is 1. The summed E-state index contributed by atoms with van der Waals surface area (Å²) in [5, 5.41) is 18.5. The van der Waals surface area contributed by atoms with Crippen molar-refractivity contribution in [2.24, 2.45) is 7.05 Å². The fraction of sp³-hybridized carbons (Fsp3) is 0.0833. The topological polar surface area (TPSA) is 49.0 Å². The zero-order valence-corrected chi connectivity index (χ0v) is 9.36. The normalized spacial score (nSPS) is 10.1. The van der Waals surface area contributed by atoms with Crippen molar-refractivity contribution >= 4 is 11.6 Å². The van der Waals surface area contributed by atoms with E-state index in [9.17, 15) is 5.11 Å². The van der Waals surface area contributed by atoms with E-state index >= 15 is 0 Å². The van der Waals surface area contributed by atoms with E-state index in [0.717, 1.165) is 11.3 Å². The van der Waals surface area contributed by atoms with Crippen LogP contribution in [0.5, 0.6) is 5.75 Å². The smallest absolute Gasteiger partial charge is 0.134 e. The van der Waals surface area contributed by atoms with Crippen LogP contribution in [0.1, 0.15) is 5.69 Å². The molecule has 80 valence electrons. The van der Waals surface area contributed by atoms with Gasteiger partial charge >= 0.3 is 0 Å². The van der Waals surface area contributed by atoms with Gasteiger partial charge in [-0.1, -0.05) is 11.6 Å². The van der Waals surface area contributed by atoms with Crippen LogP contribution in [0.25, 0.3) is 11.3 Å². The SMILES string of the molecule is Cn1c(C#N)ccc1-c1ccc(O)c(Cl)c1. The van der Waals surface area contributed by atoms with Gasteiger partial charge in [0.15, 0.2) is 0 Å². The highest BCUT2D eigenvalue weighted by Crippen LogP contribution is 2.29. The predicted octanol–water partition coefficient (Wildman–Crippen LogP) is 2.92. The van der Waals surface area contributed by atoms with Crippen LogP contribution in [0, 0.1) is 11.3 Å². The summed E-state index contributed by atoms with van der Waals surface area (Å²) in [6.07, 6.45) is 0. The van der Waals surface area contributed by atoms with Crippen LogP contribution >= 0.6 is 11.6 Å². The molecule has 0 atom stereocenters. The highest BCUT2D eigenvalue weighted by Gasteiger charge is 2.08. The second-order valence-electron chi connectivity index (χ2n) is 3.44. The van der Waals surface area contributed by atoms with Crippen LogP contribution in [-0.4, -0.2) is 9.67 Å². The average Bonchev–Trinajstić information content (AvgIpc) is 2.64. The van der Waals surface area contributed by atoms with E-state index in [1.807, 2.05) is 13.1 Å². The maximum atomic E-state index is 9.32. The molecule has 2 rings (SSSR count). The number of nitrogens with zero attached hydrogens (tertiary/aromatic N) is 2. The number of benzene rings is 1. The van der Waals surface area contributed by atoms with Gasteiger partial charge in [-0.3, -0.25) is 0 Å². The molecule has 2 aromatic rings. The van der Waals surface area contributed by atoms with Crippen molar-refractivity contribution in [1.82, 2.24) is 4.57 Å². The second kappa shape index (κ2) is 3.92. The molecule has 0 aliphatic carbocycles. The monoisotopic (exact) mass is 232 g/mol. The lowest BCUT2D eigenvalue weighted by Gasteiger charge is -2.05. The maximum Gasteiger partial charge on any atom is 0.134 e. The Kier molecular flexibility index (Phi) is 2.59. The highest BCUT2D eigenvalue weighted by atomic mass is 35.5. The Morgan fingerprint density at radius 1 is 1.31 bits per heavy atom. The van der Waals surface area contributed by atoms with Crippen molar-refractivity contribution in [3.8, 4) is 23.1 Å². The van der Waals surface area contributed by atoms with E-state index in [1.54, 1.807) is 22.8 Å². The van der Waals surface area contributed by atoms with Crippen LogP contribution in [0.15, 0.2) is 30.3 Å². The molecule has 0 fully saturated rings. The van der Waals surface area contributed by atoms with E-state index in [2.05, 4.69) is 6.07 Å². The Bertz CT molecular complexity index is 581. The molecule has 0 saturated carbocycles. The van der Waals surface area contributed by atoms with Gasteiger partial charge < -0.3 is 9.67 Å². The lowest BCUT2D eigenvalue weighted by molar-refractivity contribution is 0.475. The maximum absolute atomic E-state index is 9.32. The standard InChI is InChI=1S/C12H9ClN2O/c1-15-9(7-14)3-4-11(15)8-2-5-12(16)10(13)6-8/h2-6,16H,1H3. The minimum absolute atomic E-state index is 0.0557. The molecular formula is C12H9ClN2O. The van der Waals surface area contributed by atoms with Gasteiger partial charge in [-0.15, -0.1) is 0 Å². The lowest BCUT2D eigenvalue weighted by Crippen LogP contribution is -1.94. The molecule has 1 heterocycles. The van der Waals surface area contributed by atoms with Gasteiger partial charge in [-0.2, -0.15) is 5.26 Å². The average molecular weight is 233 g/mol. The van der Waals surface area contributed by atoms with E-state index in [0.29, 0.717) is 10.7 Å². The molecule has 0 amide bonds. The molecule has 0 aliphatic heterocycles. The minimum atomic E-state index is 0.0557. The highest BCUT2D eigenvalue weighted by molar-refractivity contribution is 6.32. The Labute approximate surface area is 98.1 Å². The van der Waals surface area contributed by atoms with Crippen molar-refractivity contribution < 1.29 is 5.11 Å². The Balaban J connectivity index is 2.55. The van der Waals surface area contributed by atoms with Crippen molar-refractivity contribution in [1.29, 1.82) is 5.26 Å². The number of halogens is 1. The summed E-state index contributed by atoms with van der Waals surface area (Å²) in [6.45, 7) is 0. The van der Waals surface area contributed by atoms with Crippen molar-refractivity contribution in [3.63, 3.8) is 0 Å². The summed E-state index contributed by atoms with van der Waals surface area (Å²) in [5.74, 6) is 0.0557. The molecule has 16 heavy (non-hydrogen) atoms. The Morgan fingerprint density at radius 3 is 2.62 bits per heavy atom. The molecule has 0 bridgehead atoms. The van der Waals surface area contributed by atoms with E-state index in [1.165, 1.54) is 6.07 Å². The number of hydrogen-bond acceptors (Lipinski definition) is 2. The molecule has 0 radical (unpaired) electrons. The van der Waals surface area contributed by atoms with Crippen LogP contribution in [0.2, 0.25) is 5.02 Å².